The van der Waals surface area contributed by atoms with Crippen LogP contribution in [0.4, 0.5) is 4.79 Å². The highest BCUT2D eigenvalue weighted by atomic mass is 16.6. The fraction of sp³-hybridized carbons (Fsp3) is 0.579. The molecule has 0 spiro atoms. The third kappa shape index (κ3) is 5.49. The Morgan fingerprint density at radius 1 is 1.25 bits per heavy atom. The summed E-state index contributed by atoms with van der Waals surface area (Å²) in [4.78, 5) is 21.5. The van der Waals surface area contributed by atoms with Crippen molar-refractivity contribution >= 4 is 6.09 Å². The van der Waals surface area contributed by atoms with Gasteiger partial charge in [-0.25, -0.2) is 4.79 Å². The van der Waals surface area contributed by atoms with Crippen LogP contribution in [-0.2, 0) is 23.2 Å². The summed E-state index contributed by atoms with van der Waals surface area (Å²) < 4.78 is 5.59. The Morgan fingerprint density at radius 2 is 2.00 bits per heavy atom. The second-order valence-electron chi connectivity index (χ2n) is 7.95. The van der Waals surface area contributed by atoms with Crippen molar-refractivity contribution in [1.29, 1.82) is 0 Å². The summed E-state index contributed by atoms with van der Waals surface area (Å²) in [6.45, 7) is 6.45. The number of aromatic nitrogens is 4. The van der Waals surface area contributed by atoms with Gasteiger partial charge >= 0.3 is 6.09 Å². The molecule has 1 aliphatic rings. The summed E-state index contributed by atoms with van der Waals surface area (Å²) >= 11 is 0. The molecule has 9 nitrogen and oxygen atoms in total. The van der Waals surface area contributed by atoms with Gasteiger partial charge < -0.3 is 4.74 Å². The van der Waals surface area contributed by atoms with Crippen LogP contribution < -0.4 is 5.48 Å². The molecule has 1 fully saturated rings. The highest BCUT2D eigenvalue weighted by molar-refractivity contribution is 5.69. The molecule has 2 aromatic rings. The standard InChI is InChI=1S/C19H28N6O3/c1-19(2,3)28-18(26)25-12-15(22-27-13-14-8-6-5-7-9-14)10-11-16(25)17-20-23-24(4)21-17/h5-9,15-16,22H,10-13H2,1-4H3/t15-,16+/m1/s1. The maximum Gasteiger partial charge on any atom is 0.410 e. The van der Waals surface area contributed by atoms with E-state index in [1.165, 1.54) is 4.80 Å². The Hall–Kier alpha value is -2.52. The average molecular weight is 388 g/mol. The second-order valence-corrected chi connectivity index (χ2v) is 7.95. The van der Waals surface area contributed by atoms with Crippen LogP contribution in [-0.4, -0.2) is 49.4 Å². The monoisotopic (exact) mass is 388 g/mol. The second kappa shape index (κ2) is 8.66. The first-order valence-electron chi connectivity index (χ1n) is 9.46. The van der Waals surface area contributed by atoms with Gasteiger partial charge in [0.2, 0.25) is 0 Å². The molecule has 1 aromatic heterocycles. The molecule has 3 rings (SSSR count). The molecule has 1 aliphatic heterocycles. The van der Waals surface area contributed by atoms with Crippen LogP contribution in [0.15, 0.2) is 30.3 Å². The maximum atomic E-state index is 12.8. The lowest BCUT2D eigenvalue weighted by molar-refractivity contribution is -0.0344. The highest BCUT2D eigenvalue weighted by Crippen LogP contribution is 2.30. The predicted molar refractivity (Wildman–Crippen MR) is 102 cm³/mol. The van der Waals surface area contributed by atoms with Crippen LogP contribution in [0.5, 0.6) is 0 Å². The number of likely N-dealkylation sites (tertiary alicyclic amines) is 1. The van der Waals surface area contributed by atoms with Crippen molar-refractivity contribution in [3.05, 3.63) is 41.7 Å². The van der Waals surface area contributed by atoms with E-state index >= 15 is 0 Å². The van der Waals surface area contributed by atoms with Gasteiger partial charge in [0.25, 0.3) is 0 Å². The molecule has 0 saturated carbocycles. The van der Waals surface area contributed by atoms with Crippen LogP contribution >= 0.6 is 0 Å². The fourth-order valence-corrected chi connectivity index (χ4v) is 3.11. The first-order chi connectivity index (χ1) is 13.3. The largest absolute Gasteiger partial charge is 0.444 e. The number of nitrogens with one attached hydrogen (secondary N) is 1. The minimum Gasteiger partial charge on any atom is -0.444 e. The Morgan fingerprint density at radius 3 is 2.64 bits per heavy atom. The Balaban J connectivity index is 1.64. The molecule has 1 amide bonds. The molecule has 1 saturated heterocycles. The van der Waals surface area contributed by atoms with Gasteiger partial charge in [-0.2, -0.15) is 10.3 Å². The molecule has 0 aliphatic carbocycles. The molecule has 0 unspecified atom stereocenters. The van der Waals surface area contributed by atoms with Crippen molar-refractivity contribution in [1.82, 2.24) is 30.6 Å². The summed E-state index contributed by atoms with van der Waals surface area (Å²) in [5.74, 6) is 0.525. The Bertz CT molecular complexity index is 773. The summed E-state index contributed by atoms with van der Waals surface area (Å²) in [6.07, 6.45) is 1.12. The predicted octanol–water partition coefficient (Wildman–Crippen LogP) is 2.37. The lowest BCUT2D eigenvalue weighted by atomic mass is 9.98. The third-order valence-corrected chi connectivity index (χ3v) is 4.36. The number of aryl methyl sites for hydroxylation is 1. The number of nitrogens with zero attached hydrogens (tertiary/aromatic N) is 5. The zero-order valence-corrected chi connectivity index (χ0v) is 16.8. The topological polar surface area (TPSA) is 94.4 Å². The number of ether oxygens (including phenoxy) is 1. The molecule has 9 heteroatoms. The summed E-state index contributed by atoms with van der Waals surface area (Å²) in [5, 5.41) is 12.3. The molecular formula is C19H28N6O3. The van der Waals surface area contributed by atoms with E-state index in [1.54, 1.807) is 11.9 Å². The van der Waals surface area contributed by atoms with Crippen LogP contribution in [0.1, 0.15) is 51.0 Å². The Labute approximate surface area is 164 Å². The Kier molecular flexibility index (Phi) is 6.25. The third-order valence-electron chi connectivity index (χ3n) is 4.36. The number of amides is 1. The number of carbonyl (C=O) groups excluding carboxylic acids is 1. The van der Waals surface area contributed by atoms with E-state index in [4.69, 9.17) is 9.57 Å². The molecular weight excluding hydrogens is 360 g/mol. The van der Waals surface area contributed by atoms with Gasteiger partial charge in [-0.15, -0.1) is 10.2 Å². The number of tetrazole rings is 1. The lowest BCUT2D eigenvalue weighted by Crippen LogP contribution is -2.50. The fourth-order valence-electron chi connectivity index (χ4n) is 3.11. The van der Waals surface area contributed by atoms with E-state index in [-0.39, 0.29) is 18.2 Å². The number of rotatable bonds is 5. The van der Waals surface area contributed by atoms with Gasteiger partial charge in [-0.1, -0.05) is 30.3 Å². The quantitative estimate of drug-likeness (QED) is 0.786. The summed E-state index contributed by atoms with van der Waals surface area (Å²) in [5.41, 5.74) is 3.58. The van der Waals surface area contributed by atoms with Crippen molar-refractivity contribution in [2.45, 2.75) is 57.9 Å². The van der Waals surface area contributed by atoms with E-state index in [9.17, 15) is 4.79 Å². The normalized spacial score (nSPS) is 20.2. The van der Waals surface area contributed by atoms with Crippen LogP contribution in [0.25, 0.3) is 0 Å². The smallest absolute Gasteiger partial charge is 0.410 e. The van der Waals surface area contributed by atoms with Crippen molar-refractivity contribution in [3.8, 4) is 0 Å². The van der Waals surface area contributed by atoms with Gasteiger partial charge in [-0.3, -0.25) is 9.74 Å². The van der Waals surface area contributed by atoms with Gasteiger partial charge in [0.15, 0.2) is 5.82 Å². The van der Waals surface area contributed by atoms with Crippen molar-refractivity contribution in [2.75, 3.05) is 6.54 Å². The maximum absolute atomic E-state index is 12.8. The molecule has 0 radical (unpaired) electrons. The van der Waals surface area contributed by atoms with Gasteiger partial charge in [0.05, 0.1) is 25.7 Å². The first-order valence-corrected chi connectivity index (χ1v) is 9.46. The van der Waals surface area contributed by atoms with Crippen molar-refractivity contribution < 1.29 is 14.4 Å². The van der Waals surface area contributed by atoms with Crippen LogP contribution in [0.3, 0.4) is 0 Å². The van der Waals surface area contributed by atoms with E-state index in [0.717, 1.165) is 12.0 Å². The van der Waals surface area contributed by atoms with E-state index in [2.05, 4.69) is 20.9 Å². The molecule has 28 heavy (non-hydrogen) atoms. The number of hydroxylamine groups is 1. The minimum atomic E-state index is -0.582. The first kappa shape index (κ1) is 20.2. The minimum absolute atomic E-state index is 0.0100. The number of piperidine rings is 1. The number of carbonyl (C=O) groups is 1. The van der Waals surface area contributed by atoms with E-state index < -0.39 is 5.60 Å². The number of benzene rings is 1. The molecule has 2 heterocycles. The number of hydrogen-bond acceptors (Lipinski definition) is 7. The molecule has 0 bridgehead atoms. The summed E-state index contributed by atoms with van der Waals surface area (Å²) in [6, 6.07) is 9.65. The van der Waals surface area contributed by atoms with Crippen LogP contribution in [0.2, 0.25) is 0 Å². The SMILES string of the molecule is Cn1nnc([C@@H]2CC[C@@H](NOCc3ccccc3)CN2C(=O)OC(C)(C)C)n1. The van der Waals surface area contributed by atoms with Gasteiger partial charge in [0.1, 0.15) is 5.60 Å². The van der Waals surface area contributed by atoms with Crippen LogP contribution in [0, 0.1) is 0 Å². The zero-order valence-electron chi connectivity index (χ0n) is 16.8. The van der Waals surface area contributed by atoms with Gasteiger partial charge in [-0.05, 0) is 44.4 Å². The zero-order chi connectivity index (χ0) is 20.1. The lowest BCUT2D eigenvalue weighted by Gasteiger charge is -2.38. The van der Waals surface area contributed by atoms with E-state index in [1.807, 2.05) is 51.1 Å². The van der Waals surface area contributed by atoms with Gasteiger partial charge in [0, 0.05) is 6.54 Å². The van der Waals surface area contributed by atoms with Crippen molar-refractivity contribution in [3.63, 3.8) is 0 Å². The average Bonchev–Trinajstić information content (AvgIpc) is 3.07. The molecule has 152 valence electrons. The van der Waals surface area contributed by atoms with Crippen molar-refractivity contribution in [2.24, 2.45) is 7.05 Å². The molecule has 2 atom stereocenters. The highest BCUT2D eigenvalue weighted by Gasteiger charge is 2.37. The number of hydrogen-bond donors (Lipinski definition) is 1. The molecule has 1 aromatic carbocycles. The molecule has 1 N–H and O–H groups in total. The van der Waals surface area contributed by atoms with E-state index in [0.29, 0.717) is 25.4 Å². The summed E-state index contributed by atoms with van der Waals surface area (Å²) in [7, 11) is 1.71.